The van der Waals surface area contributed by atoms with Crippen LogP contribution in [0.5, 0.6) is 0 Å². The summed E-state index contributed by atoms with van der Waals surface area (Å²) in [6.07, 6.45) is 4.82. The van der Waals surface area contributed by atoms with E-state index in [1.54, 1.807) is 0 Å². The highest BCUT2D eigenvalue weighted by atomic mass is 79.9. The standard InChI is InChI=1S/C14H18BrF2N/c1-18-13(9-5-6-9)4-2-3-10-12(16)8-7-11(15)14(10)17/h7-9,13,18H,2-6H2,1H3. The lowest BCUT2D eigenvalue weighted by atomic mass is 10.0. The summed E-state index contributed by atoms with van der Waals surface area (Å²) >= 11 is 3.09. The van der Waals surface area contributed by atoms with Crippen LogP contribution < -0.4 is 5.32 Å². The second-order valence-corrected chi connectivity index (χ2v) is 5.80. The highest BCUT2D eigenvalue weighted by Crippen LogP contribution is 2.34. The van der Waals surface area contributed by atoms with Crippen LogP contribution in [0.2, 0.25) is 0 Å². The largest absolute Gasteiger partial charge is 0.317 e. The normalized spacial score (nSPS) is 16.9. The molecule has 0 amide bonds. The van der Waals surface area contributed by atoms with Gasteiger partial charge in [-0.05, 0) is 73.1 Å². The summed E-state index contributed by atoms with van der Waals surface area (Å²) in [5.74, 6) is -0.127. The van der Waals surface area contributed by atoms with E-state index in [-0.39, 0.29) is 5.56 Å². The van der Waals surface area contributed by atoms with Gasteiger partial charge in [0.2, 0.25) is 0 Å². The van der Waals surface area contributed by atoms with Gasteiger partial charge >= 0.3 is 0 Å². The summed E-state index contributed by atoms with van der Waals surface area (Å²) < 4.78 is 27.6. The van der Waals surface area contributed by atoms with Crippen LogP contribution in [0.3, 0.4) is 0 Å². The fourth-order valence-corrected chi connectivity index (χ4v) is 2.78. The minimum atomic E-state index is -0.456. The lowest BCUT2D eigenvalue weighted by molar-refractivity contribution is 0.450. The van der Waals surface area contributed by atoms with Crippen LogP contribution in [-0.4, -0.2) is 13.1 Å². The summed E-state index contributed by atoms with van der Waals surface area (Å²) in [5, 5.41) is 3.29. The molecule has 1 aromatic carbocycles. The number of halogens is 3. The molecule has 1 N–H and O–H groups in total. The van der Waals surface area contributed by atoms with Gasteiger partial charge in [-0.3, -0.25) is 0 Å². The highest BCUT2D eigenvalue weighted by Gasteiger charge is 2.29. The summed E-state index contributed by atoms with van der Waals surface area (Å²) in [4.78, 5) is 0. The van der Waals surface area contributed by atoms with Gasteiger partial charge in [0.05, 0.1) is 4.47 Å². The van der Waals surface area contributed by atoms with Gasteiger partial charge in [0.15, 0.2) is 0 Å². The molecule has 0 spiro atoms. The molecule has 0 radical (unpaired) electrons. The summed E-state index contributed by atoms with van der Waals surface area (Å²) in [5.41, 5.74) is 0.204. The van der Waals surface area contributed by atoms with Gasteiger partial charge in [0.1, 0.15) is 11.6 Å². The van der Waals surface area contributed by atoms with Crippen molar-refractivity contribution >= 4 is 15.9 Å². The van der Waals surface area contributed by atoms with Crippen molar-refractivity contribution in [1.82, 2.24) is 5.32 Å². The third-order valence-corrected chi connectivity index (χ3v) is 4.26. The molecule has 1 unspecified atom stereocenters. The first-order valence-electron chi connectivity index (χ1n) is 6.43. The third-order valence-electron chi connectivity index (χ3n) is 3.64. The number of nitrogens with one attached hydrogen (secondary N) is 1. The van der Waals surface area contributed by atoms with Crippen molar-refractivity contribution in [3.63, 3.8) is 0 Å². The monoisotopic (exact) mass is 317 g/mol. The molecular formula is C14H18BrF2N. The number of hydrogen-bond acceptors (Lipinski definition) is 1. The van der Waals surface area contributed by atoms with E-state index in [9.17, 15) is 8.78 Å². The van der Waals surface area contributed by atoms with Gasteiger partial charge in [-0.15, -0.1) is 0 Å². The van der Waals surface area contributed by atoms with Crippen molar-refractivity contribution in [2.75, 3.05) is 7.05 Å². The van der Waals surface area contributed by atoms with E-state index in [0.29, 0.717) is 16.9 Å². The van der Waals surface area contributed by atoms with Crippen molar-refractivity contribution in [1.29, 1.82) is 0 Å². The lowest BCUT2D eigenvalue weighted by Gasteiger charge is -2.15. The molecule has 1 aromatic rings. The average molecular weight is 318 g/mol. The van der Waals surface area contributed by atoms with Crippen molar-refractivity contribution in [3.8, 4) is 0 Å². The molecule has 0 heterocycles. The Balaban J connectivity index is 1.91. The Morgan fingerprint density at radius 2 is 2.11 bits per heavy atom. The van der Waals surface area contributed by atoms with E-state index < -0.39 is 11.6 Å². The third kappa shape index (κ3) is 3.29. The van der Waals surface area contributed by atoms with Crippen LogP contribution in [0.1, 0.15) is 31.2 Å². The molecule has 1 aliphatic rings. The Kier molecular flexibility index (Phi) is 4.73. The van der Waals surface area contributed by atoms with Gasteiger partial charge in [-0.25, -0.2) is 8.78 Å². The molecule has 1 nitrogen and oxygen atoms in total. The molecule has 2 rings (SSSR count). The van der Waals surface area contributed by atoms with E-state index in [1.807, 2.05) is 7.05 Å². The van der Waals surface area contributed by atoms with E-state index in [4.69, 9.17) is 0 Å². The summed E-state index contributed by atoms with van der Waals surface area (Å²) in [6, 6.07) is 3.23. The first kappa shape index (κ1) is 13.9. The fourth-order valence-electron chi connectivity index (χ4n) is 2.41. The molecule has 1 saturated carbocycles. The van der Waals surface area contributed by atoms with E-state index in [1.165, 1.54) is 25.0 Å². The quantitative estimate of drug-likeness (QED) is 0.780. The maximum atomic E-state index is 13.7. The molecule has 1 atom stereocenters. The molecule has 0 aromatic heterocycles. The van der Waals surface area contributed by atoms with Gasteiger partial charge in [0, 0.05) is 11.6 Å². The Hall–Kier alpha value is -0.480. The number of rotatable bonds is 6. The van der Waals surface area contributed by atoms with Crippen molar-refractivity contribution in [3.05, 3.63) is 33.8 Å². The molecular weight excluding hydrogens is 300 g/mol. The predicted molar refractivity (Wildman–Crippen MR) is 72.6 cm³/mol. The van der Waals surface area contributed by atoms with Crippen LogP contribution in [-0.2, 0) is 6.42 Å². The van der Waals surface area contributed by atoms with E-state index >= 15 is 0 Å². The maximum Gasteiger partial charge on any atom is 0.143 e. The first-order chi connectivity index (χ1) is 8.63. The average Bonchev–Trinajstić information content (AvgIpc) is 3.18. The molecule has 1 fully saturated rings. The highest BCUT2D eigenvalue weighted by molar-refractivity contribution is 9.10. The zero-order valence-electron chi connectivity index (χ0n) is 10.5. The predicted octanol–water partition coefficient (Wildman–Crippen LogP) is 4.05. The Labute approximate surface area is 115 Å². The Morgan fingerprint density at radius 1 is 1.39 bits per heavy atom. The zero-order chi connectivity index (χ0) is 13.1. The Morgan fingerprint density at radius 3 is 2.72 bits per heavy atom. The van der Waals surface area contributed by atoms with Crippen LogP contribution in [0, 0.1) is 17.6 Å². The maximum absolute atomic E-state index is 13.7. The first-order valence-corrected chi connectivity index (χ1v) is 7.22. The number of hydrogen-bond donors (Lipinski definition) is 1. The van der Waals surface area contributed by atoms with Gasteiger partial charge < -0.3 is 5.32 Å². The van der Waals surface area contributed by atoms with Crippen molar-refractivity contribution in [2.24, 2.45) is 5.92 Å². The zero-order valence-corrected chi connectivity index (χ0v) is 12.1. The van der Waals surface area contributed by atoms with Gasteiger partial charge in [-0.1, -0.05) is 0 Å². The fraction of sp³-hybridized carbons (Fsp3) is 0.571. The van der Waals surface area contributed by atoms with Crippen LogP contribution >= 0.6 is 15.9 Å². The molecule has 0 bridgehead atoms. The molecule has 18 heavy (non-hydrogen) atoms. The van der Waals surface area contributed by atoms with Crippen LogP contribution in [0.15, 0.2) is 16.6 Å². The summed E-state index contributed by atoms with van der Waals surface area (Å²) in [6.45, 7) is 0. The van der Waals surface area contributed by atoms with Crippen LogP contribution in [0.4, 0.5) is 8.78 Å². The minimum Gasteiger partial charge on any atom is -0.317 e. The molecule has 4 heteroatoms. The number of benzene rings is 1. The van der Waals surface area contributed by atoms with Crippen molar-refractivity contribution < 1.29 is 8.78 Å². The van der Waals surface area contributed by atoms with Crippen molar-refractivity contribution in [2.45, 2.75) is 38.1 Å². The lowest BCUT2D eigenvalue weighted by Crippen LogP contribution is -2.27. The second-order valence-electron chi connectivity index (χ2n) is 4.95. The van der Waals surface area contributed by atoms with E-state index in [0.717, 1.165) is 18.8 Å². The van der Waals surface area contributed by atoms with E-state index in [2.05, 4.69) is 21.2 Å². The van der Waals surface area contributed by atoms with Gasteiger partial charge in [-0.2, -0.15) is 0 Å². The summed E-state index contributed by atoms with van der Waals surface area (Å²) in [7, 11) is 1.96. The topological polar surface area (TPSA) is 12.0 Å². The minimum absolute atomic E-state index is 0.204. The molecule has 0 aliphatic heterocycles. The Bertz CT molecular complexity index is 419. The van der Waals surface area contributed by atoms with Crippen LogP contribution in [0.25, 0.3) is 0 Å². The second kappa shape index (κ2) is 6.11. The SMILES string of the molecule is CNC(CCCc1c(F)ccc(Br)c1F)C1CC1. The molecule has 0 saturated heterocycles. The molecule has 1 aliphatic carbocycles. The smallest absolute Gasteiger partial charge is 0.143 e. The van der Waals surface area contributed by atoms with Gasteiger partial charge in [0.25, 0.3) is 0 Å². The molecule has 100 valence electrons.